The molecule has 0 unspecified atom stereocenters. The van der Waals surface area contributed by atoms with Crippen LogP contribution in [0.3, 0.4) is 0 Å². The van der Waals surface area contributed by atoms with Gasteiger partial charge in [-0.25, -0.2) is 4.79 Å². The Morgan fingerprint density at radius 1 is 1.00 bits per heavy atom. The van der Waals surface area contributed by atoms with Crippen LogP contribution in [0.2, 0.25) is 0 Å². The molecule has 2 heterocycles. The fraction of sp³-hybridized carbons (Fsp3) is 0.107. The molecular formula is C28H23N3O6. The van der Waals surface area contributed by atoms with Crippen molar-refractivity contribution in [3.05, 3.63) is 84.1 Å². The summed E-state index contributed by atoms with van der Waals surface area (Å²) in [6, 6.07) is 19.8. The second-order valence-corrected chi connectivity index (χ2v) is 8.56. The van der Waals surface area contributed by atoms with E-state index < -0.39 is 18.5 Å². The number of fused-ring (bicyclic) bond motifs is 3. The number of primary amides is 1. The number of carboxylic acids is 1. The fourth-order valence-corrected chi connectivity index (χ4v) is 4.57. The van der Waals surface area contributed by atoms with Gasteiger partial charge in [0.2, 0.25) is 11.8 Å². The molecule has 9 nitrogen and oxygen atoms in total. The van der Waals surface area contributed by atoms with Gasteiger partial charge in [0, 0.05) is 35.7 Å². The standard InChI is InChI=1S/C28H23N3O6/c1-16(32)30-19-6-2-5-17(11-19)14-31-21-8-3-7-20(28(29)35)26(21)27-22(31)12-18(23-9-4-10-36-23)13-24(27)37-15-25(33)34/h2-13H,14-15H2,1H3,(H2,29,35)(H,30,32)(H,33,34). The minimum Gasteiger partial charge on any atom is -0.481 e. The molecule has 0 atom stereocenters. The Bertz CT molecular complexity index is 1670. The molecule has 5 aromatic rings. The third kappa shape index (κ3) is 4.62. The first kappa shape index (κ1) is 23.7. The Balaban J connectivity index is 1.80. The number of nitrogens with two attached hydrogens (primary N) is 1. The van der Waals surface area contributed by atoms with Crippen LogP contribution >= 0.6 is 0 Å². The lowest BCUT2D eigenvalue weighted by Gasteiger charge is -2.12. The molecule has 186 valence electrons. The summed E-state index contributed by atoms with van der Waals surface area (Å²) < 4.78 is 13.3. The zero-order valence-corrected chi connectivity index (χ0v) is 19.9. The summed E-state index contributed by atoms with van der Waals surface area (Å²) in [5, 5.41) is 13.2. The number of carboxylic acid groups (broad SMARTS) is 1. The van der Waals surface area contributed by atoms with Gasteiger partial charge in [0.05, 0.1) is 22.7 Å². The largest absolute Gasteiger partial charge is 0.481 e. The molecule has 3 aromatic carbocycles. The van der Waals surface area contributed by atoms with Crippen molar-refractivity contribution in [3.8, 4) is 17.1 Å². The van der Waals surface area contributed by atoms with E-state index in [-0.39, 0.29) is 11.7 Å². The quantitative estimate of drug-likeness (QED) is 0.286. The lowest BCUT2D eigenvalue weighted by Crippen LogP contribution is -2.11. The third-order valence-corrected chi connectivity index (χ3v) is 5.97. The van der Waals surface area contributed by atoms with Crippen LogP contribution in [0.5, 0.6) is 5.75 Å². The van der Waals surface area contributed by atoms with Crippen LogP contribution in [0.1, 0.15) is 22.8 Å². The number of hydrogen-bond donors (Lipinski definition) is 3. The van der Waals surface area contributed by atoms with E-state index in [1.165, 1.54) is 6.92 Å². The van der Waals surface area contributed by atoms with Crippen LogP contribution in [0.25, 0.3) is 33.1 Å². The number of ether oxygens (including phenoxy) is 1. The van der Waals surface area contributed by atoms with Gasteiger partial charge in [0.15, 0.2) is 6.61 Å². The van der Waals surface area contributed by atoms with Gasteiger partial charge in [0.1, 0.15) is 11.5 Å². The molecule has 4 N–H and O–H groups in total. The van der Waals surface area contributed by atoms with Crippen LogP contribution in [0.4, 0.5) is 5.69 Å². The molecular weight excluding hydrogens is 474 g/mol. The highest BCUT2D eigenvalue weighted by Crippen LogP contribution is 2.41. The molecule has 2 aromatic heterocycles. The first-order chi connectivity index (χ1) is 17.8. The van der Waals surface area contributed by atoms with Crippen LogP contribution in [-0.4, -0.2) is 34.1 Å². The molecule has 5 rings (SSSR count). The summed E-state index contributed by atoms with van der Waals surface area (Å²) in [4.78, 5) is 35.4. The first-order valence-electron chi connectivity index (χ1n) is 11.5. The van der Waals surface area contributed by atoms with E-state index in [1.807, 2.05) is 34.9 Å². The summed E-state index contributed by atoms with van der Waals surface area (Å²) >= 11 is 0. The maximum Gasteiger partial charge on any atom is 0.341 e. The highest BCUT2D eigenvalue weighted by Gasteiger charge is 2.22. The molecule has 0 fully saturated rings. The van der Waals surface area contributed by atoms with E-state index in [4.69, 9.17) is 14.9 Å². The van der Waals surface area contributed by atoms with Gasteiger partial charge < -0.3 is 29.9 Å². The average molecular weight is 498 g/mol. The summed E-state index contributed by atoms with van der Waals surface area (Å²) in [5.41, 5.74) is 9.67. The Labute approximate surface area is 211 Å². The Hall–Kier alpha value is -5.05. The van der Waals surface area contributed by atoms with Gasteiger partial charge in [-0.1, -0.05) is 18.2 Å². The number of hydrogen-bond acceptors (Lipinski definition) is 5. The van der Waals surface area contributed by atoms with Crippen molar-refractivity contribution >= 4 is 45.3 Å². The number of furan rings is 1. The topological polar surface area (TPSA) is 137 Å². The zero-order chi connectivity index (χ0) is 26.1. The van der Waals surface area contributed by atoms with Crippen molar-refractivity contribution < 1.29 is 28.6 Å². The van der Waals surface area contributed by atoms with Gasteiger partial charge in [-0.2, -0.15) is 0 Å². The highest BCUT2D eigenvalue weighted by molar-refractivity contribution is 6.20. The second kappa shape index (κ2) is 9.54. The molecule has 0 bridgehead atoms. The molecule has 9 heteroatoms. The number of aromatic nitrogens is 1. The molecule has 0 aliphatic heterocycles. The molecule has 37 heavy (non-hydrogen) atoms. The van der Waals surface area contributed by atoms with E-state index in [9.17, 15) is 19.5 Å². The lowest BCUT2D eigenvalue weighted by molar-refractivity contribution is -0.139. The Kier molecular flexibility index (Phi) is 6.10. The lowest BCUT2D eigenvalue weighted by atomic mass is 10.0. The number of nitrogens with one attached hydrogen (secondary N) is 1. The van der Waals surface area contributed by atoms with Gasteiger partial charge in [-0.05, 0) is 54.1 Å². The van der Waals surface area contributed by atoms with Gasteiger partial charge in [0.25, 0.3) is 0 Å². The zero-order valence-electron chi connectivity index (χ0n) is 19.9. The highest BCUT2D eigenvalue weighted by atomic mass is 16.5. The number of nitrogens with zero attached hydrogens (tertiary/aromatic N) is 1. The summed E-state index contributed by atoms with van der Waals surface area (Å²) in [7, 11) is 0. The number of amides is 2. The van der Waals surface area contributed by atoms with Crippen molar-refractivity contribution in [2.24, 2.45) is 5.73 Å². The molecule has 0 aliphatic carbocycles. The molecule has 0 spiro atoms. The molecule has 0 aliphatic rings. The maximum atomic E-state index is 12.4. The fourth-order valence-electron chi connectivity index (χ4n) is 4.57. The molecule has 0 radical (unpaired) electrons. The number of anilines is 1. The predicted octanol–water partition coefficient (Wildman–Crippen LogP) is 4.62. The molecule has 0 saturated carbocycles. The summed E-state index contributed by atoms with van der Waals surface area (Å²) in [6.45, 7) is 1.26. The van der Waals surface area contributed by atoms with E-state index in [2.05, 4.69) is 5.32 Å². The normalized spacial score (nSPS) is 11.1. The van der Waals surface area contributed by atoms with Crippen LogP contribution in [-0.2, 0) is 16.1 Å². The van der Waals surface area contributed by atoms with E-state index in [1.54, 1.807) is 42.7 Å². The van der Waals surface area contributed by atoms with Gasteiger partial charge in [-0.3, -0.25) is 9.59 Å². The third-order valence-electron chi connectivity index (χ3n) is 5.97. The maximum absolute atomic E-state index is 12.4. The SMILES string of the molecule is CC(=O)Nc1cccc(Cn2c3cc(-c4ccco4)cc(OCC(=O)O)c3c3c(C(N)=O)cccc32)c1. The van der Waals surface area contributed by atoms with Crippen LogP contribution in [0.15, 0.2) is 77.4 Å². The van der Waals surface area contributed by atoms with E-state index in [0.717, 1.165) is 5.56 Å². The number of carbonyl (C=O) groups is 3. The van der Waals surface area contributed by atoms with Crippen LogP contribution < -0.4 is 15.8 Å². The average Bonchev–Trinajstić information content (AvgIpc) is 3.50. The van der Waals surface area contributed by atoms with Crippen molar-refractivity contribution in [2.45, 2.75) is 13.5 Å². The van der Waals surface area contributed by atoms with Gasteiger partial charge >= 0.3 is 5.97 Å². The number of aliphatic carboxylic acids is 1. The summed E-state index contributed by atoms with van der Waals surface area (Å²) in [6.07, 6.45) is 1.55. The van der Waals surface area contributed by atoms with Gasteiger partial charge in [-0.15, -0.1) is 0 Å². The minimum atomic E-state index is -1.13. The number of benzene rings is 3. The van der Waals surface area contributed by atoms with Crippen molar-refractivity contribution in [2.75, 3.05) is 11.9 Å². The molecule has 2 amide bonds. The Morgan fingerprint density at radius 3 is 2.51 bits per heavy atom. The van der Waals surface area contributed by atoms with Crippen molar-refractivity contribution in [1.29, 1.82) is 0 Å². The molecule has 0 saturated heterocycles. The van der Waals surface area contributed by atoms with E-state index in [0.29, 0.717) is 50.9 Å². The Morgan fingerprint density at radius 2 is 1.81 bits per heavy atom. The number of rotatable bonds is 8. The van der Waals surface area contributed by atoms with E-state index >= 15 is 0 Å². The first-order valence-corrected chi connectivity index (χ1v) is 11.5. The summed E-state index contributed by atoms with van der Waals surface area (Å²) in [5.74, 6) is -1.07. The second-order valence-electron chi connectivity index (χ2n) is 8.56. The number of carbonyl (C=O) groups excluding carboxylic acids is 2. The minimum absolute atomic E-state index is 0.177. The van der Waals surface area contributed by atoms with Crippen molar-refractivity contribution in [1.82, 2.24) is 4.57 Å². The monoisotopic (exact) mass is 497 g/mol. The predicted molar refractivity (Wildman–Crippen MR) is 139 cm³/mol. The smallest absolute Gasteiger partial charge is 0.341 e. The van der Waals surface area contributed by atoms with Crippen molar-refractivity contribution in [3.63, 3.8) is 0 Å². The van der Waals surface area contributed by atoms with Crippen LogP contribution in [0, 0.1) is 0 Å².